The van der Waals surface area contributed by atoms with Gasteiger partial charge in [0.25, 0.3) is 0 Å². The van der Waals surface area contributed by atoms with Crippen molar-refractivity contribution in [1.82, 2.24) is 0 Å². The Balaban J connectivity index is 3.40. The Bertz CT molecular complexity index is 139. The fraction of sp³-hybridized carbons (Fsp3) is 0.727. The Morgan fingerprint density at radius 2 is 2.15 bits per heavy atom. The van der Waals surface area contributed by atoms with E-state index in [4.69, 9.17) is 9.84 Å². The van der Waals surface area contributed by atoms with Gasteiger partial charge in [-0.15, -0.1) is 0 Å². The van der Waals surface area contributed by atoms with Gasteiger partial charge in [0, 0.05) is 0 Å². The van der Waals surface area contributed by atoms with Crippen molar-refractivity contribution in [3.63, 3.8) is 0 Å². The summed E-state index contributed by atoms with van der Waals surface area (Å²) in [6.45, 7) is 8.20. The highest BCUT2D eigenvalue weighted by Gasteiger charge is 2.03. The van der Waals surface area contributed by atoms with Gasteiger partial charge in [-0.3, -0.25) is 0 Å². The van der Waals surface area contributed by atoms with E-state index < -0.39 is 6.10 Å². The number of ether oxygens (including phenoxy) is 1. The number of unbranched alkanes of at least 4 members (excludes halogenated alkanes) is 3. The molecule has 77 valence electrons. The summed E-state index contributed by atoms with van der Waals surface area (Å²) in [7, 11) is 0. The Hall–Kier alpha value is -0.500. The minimum atomic E-state index is -0.726. The van der Waals surface area contributed by atoms with Crippen molar-refractivity contribution in [1.29, 1.82) is 0 Å². The molecule has 0 saturated heterocycles. The molecule has 13 heavy (non-hydrogen) atoms. The minimum absolute atomic E-state index is 0.580. The zero-order valence-corrected chi connectivity index (χ0v) is 8.75. The van der Waals surface area contributed by atoms with Crippen LogP contribution in [0.3, 0.4) is 0 Å². The first-order valence-electron chi connectivity index (χ1n) is 5.02. The fourth-order valence-corrected chi connectivity index (χ4v) is 1.09. The molecule has 0 fully saturated rings. The first-order chi connectivity index (χ1) is 6.22. The van der Waals surface area contributed by atoms with Gasteiger partial charge in [0.15, 0.2) is 0 Å². The topological polar surface area (TPSA) is 29.5 Å². The summed E-state index contributed by atoms with van der Waals surface area (Å²) < 4.78 is 5.35. The molecule has 1 N–H and O–H groups in total. The molecular weight excluding hydrogens is 164 g/mol. The smallest absolute Gasteiger partial charge is 0.120 e. The van der Waals surface area contributed by atoms with E-state index in [2.05, 4.69) is 13.8 Å². The molecule has 0 heterocycles. The van der Waals surface area contributed by atoms with Gasteiger partial charge in [-0.2, -0.15) is 0 Å². The second kappa shape index (κ2) is 8.11. The number of aliphatic hydroxyl groups excluding tert-OH is 1. The molecule has 0 aromatic rings. The molecular formula is C11H21O2. The lowest BCUT2D eigenvalue weighted by Gasteiger charge is -2.11. The van der Waals surface area contributed by atoms with Crippen LogP contribution in [0.4, 0.5) is 0 Å². The largest absolute Gasteiger partial charge is 0.496 e. The summed E-state index contributed by atoms with van der Waals surface area (Å²) in [6, 6.07) is 0. The van der Waals surface area contributed by atoms with E-state index in [9.17, 15) is 0 Å². The van der Waals surface area contributed by atoms with Crippen LogP contribution in [0.1, 0.15) is 39.5 Å². The molecule has 0 spiro atoms. The Kier molecular flexibility index (Phi) is 7.80. The predicted octanol–water partition coefficient (Wildman–Crippen LogP) is 2.68. The lowest BCUT2D eigenvalue weighted by atomic mass is 10.2. The zero-order valence-electron chi connectivity index (χ0n) is 8.75. The van der Waals surface area contributed by atoms with Gasteiger partial charge >= 0.3 is 0 Å². The number of hydrogen-bond donors (Lipinski definition) is 1. The summed E-state index contributed by atoms with van der Waals surface area (Å²) in [6.07, 6.45) is 5.77. The SMILES string of the molecule is [CH2]C(O)C(=CC)OCCCCCC. The van der Waals surface area contributed by atoms with Gasteiger partial charge in [-0.1, -0.05) is 26.2 Å². The minimum Gasteiger partial charge on any atom is -0.496 e. The third-order valence-electron chi connectivity index (χ3n) is 1.88. The second-order valence-corrected chi connectivity index (χ2v) is 3.12. The molecule has 1 atom stereocenters. The maximum absolute atomic E-state index is 9.11. The molecule has 0 aliphatic carbocycles. The maximum Gasteiger partial charge on any atom is 0.120 e. The van der Waals surface area contributed by atoms with Crippen molar-refractivity contribution < 1.29 is 9.84 Å². The Labute approximate surface area is 81.6 Å². The highest BCUT2D eigenvalue weighted by atomic mass is 16.5. The van der Waals surface area contributed by atoms with Crippen LogP contribution < -0.4 is 0 Å². The molecule has 0 amide bonds. The third kappa shape index (κ3) is 6.64. The summed E-state index contributed by atoms with van der Waals surface area (Å²) in [4.78, 5) is 0. The molecule has 2 nitrogen and oxygen atoms in total. The molecule has 0 aromatic heterocycles. The first-order valence-corrected chi connectivity index (χ1v) is 5.02. The molecule has 0 aromatic carbocycles. The molecule has 0 rings (SSSR count). The molecule has 0 saturated carbocycles. The van der Waals surface area contributed by atoms with Crippen molar-refractivity contribution in [2.75, 3.05) is 6.61 Å². The fourth-order valence-electron chi connectivity index (χ4n) is 1.09. The van der Waals surface area contributed by atoms with Crippen LogP contribution in [0, 0.1) is 6.92 Å². The predicted molar refractivity (Wildman–Crippen MR) is 55.2 cm³/mol. The van der Waals surface area contributed by atoms with E-state index in [0.29, 0.717) is 12.4 Å². The molecule has 1 radical (unpaired) electrons. The van der Waals surface area contributed by atoms with E-state index in [0.717, 1.165) is 6.42 Å². The zero-order chi connectivity index (χ0) is 10.1. The van der Waals surface area contributed by atoms with Gasteiger partial charge in [-0.05, 0) is 26.3 Å². The molecule has 0 aliphatic heterocycles. The highest BCUT2D eigenvalue weighted by Crippen LogP contribution is 2.06. The van der Waals surface area contributed by atoms with Crippen molar-refractivity contribution in [2.24, 2.45) is 0 Å². The standard InChI is InChI=1S/C11H21O2/c1-4-6-7-8-9-13-11(5-2)10(3)12/h5,10,12H,3-4,6-9H2,1-2H3. The van der Waals surface area contributed by atoms with Crippen LogP contribution in [0.15, 0.2) is 11.8 Å². The van der Waals surface area contributed by atoms with Crippen LogP contribution in [-0.2, 0) is 4.74 Å². The van der Waals surface area contributed by atoms with Crippen LogP contribution in [0.2, 0.25) is 0 Å². The monoisotopic (exact) mass is 185 g/mol. The van der Waals surface area contributed by atoms with Crippen molar-refractivity contribution in [3.8, 4) is 0 Å². The van der Waals surface area contributed by atoms with Crippen LogP contribution >= 0.6 is 0 Å². The van der Waals surface area contributed by atoms with Gasteiger partial charge in [0.05, 0.1) is 6.61 Å². The Morgan fingerprint density at radius 1 is 1.46 bits per heavy atom. The van der Waals surface area contributed by atoms with Crippen LogP contribution in [-0.4, -0.2) is 17.8 Å². The van der Waals surface area contributed by atoms with Crippen LogP contribution in [0.5, 0.6) is 0 Å². The lowest BCUT2D eigenvalue weighted by Crippen LogP contribution is -2.09. The quantitative estimate of drug-likeness (QED) is 0.488. The first kappa shape index (κ1) is 12.5. The molecule has 0 bridgehead atoms. The molecule has 1 unspecified atom stereocenters. The van der Waals surface area contributed by atoms with Crippen molar-refractivity contribution in [2.45, 2.75) is 45.6 Å². The number of aliphatic hydroxyl groups is 1. The van der Waals surface area contributed by atoms with E-state index >= 15 is 0 Å². The second-order valence-electron chi connectivity index (χ2n) is 3.12. The van der Waals surface area contributed by atoms with E-state index in [-0.39, 0.29) is 0 Å². The summed E-state index contributed by atoms with van der Waals surface area (Å²) >= 11 is 0. The van der Waals surface area contributed by atoms with Gasteiger partial charge in [0.2, 0.25) is 0 Å². The van der Waals surface area contributed by atoms with E-state index in [1.165, 1.54) is 19.3 Å². The van der Waals surface area contributed by atoms with Gasteiger partial charge in [0.1, 0.15) is 11.9 Å². The third-order valence-corrected chi connectivity index (χ3v) is 1.88. The summed E-state index contributed by atoms with van der Waals surface area (Å²) in [5.74, 6) is 0.580. The van der Waals surface area contributed by atoms with E-state index in [1.807, 2.05) is 6.92 Å². The average molecular weight is 185 g/mol. The van der Waals surface area contributed by atoms with Crippen LogP contribution in [0.25, 0.3) is 0 Å². The molecule has 0 aliphatic rings. The lowest BCUT2D eigenvalue weighted by molar-refractivity contribution is 0.122. The van der Waals surface area contributed by atoms with E-state index in [1.54, 1.807) is 6.08 Å². The van der Waals surface area contributed by atoms with Crippen molar-refractivity contribution >= 4 is 0 Å². The normalized spacial score (nSPS) is 14.3. The highest BCUT2D eigenvalue weighted by molar-refractivity contribution is 4.98. The number of rotatable bonds is 7. The van der Waals surface area contributed by atoms with Gasteiger partial charge < -0.3 is 9.84 Å². The summed E-state index contributed by atoms with van der Waals surface area (Å²) in [5, 5.41) is 9.11. The Morgan fingerprint density at radius 3 is 2.62 bits per heavy atom. The molecule has 2 heteroatoms. The van der Waals surface area contributed by atoms with Gasteiger partial charge in [-0.25, -0.2) is 0 Å². The number of hydrogen-bond acceptors (Lipinski definition) is 2. The number of allylic oxidation sites excluding steroid dienone is 1. The maximum atomic E-state index is 9.11. The average Bonchev–Trinajstić information content (AvgIpc) is 2.10. The van der Waals surface area contributed by atoms with Crippen molar-refractivity contribution in [3.05, 3.63) is 18.8 Å². The summed E-state index contributed by atoms with van der Waals surface area (Å²) in [5.41, 5.74) is 0.